The monoisotopic (exact) mass is 253 g/mol. The van der Waals surface area contributed by atoms with Crippen molar-refractivity contribution in [2.45, 2.75) is 25.2 Å². The summed E-state index contributed by atoms with van der Waals surface area (Å²) in [4.78, 5) is 21.5. The lowest BCUT2D eigenvalue weighted by molar-refractivity contribution is -0.153. The molecule has 1 unspecified atom stereocenters. The second-order valence-electron chi connectivity index (χ2n) is 3.80. The Labute approximate surface area is 104 Å². The predicted octanol–water partition coefficient (Wildman–Crippen LogP) is 0.458. The van der Waals surface area contributed by atoms with Crippen molar-refractivity contribution in [3.8, 4) is 0 Å². The zero-order valence-electron chi connectivity index (χ0n) is 9.65. The lowest BCUT2D eigenvalue weighted by Gasteiger charge is -2.15. The van der Waals surface area contributed by atoms with Crippen LogP contribution < -0.4 is 5.73 Å². The molecule has 0 bridgehead atoms. The molecular formula is C12H15NO5. The molecule has 1 aromatic carbocycles. The van der Waals surface area contributed by atoms with Gasteiger partial charge in [0.1, 0.15) is 6.04 Å². The molecule has 1 rings (SSSR count). The molecule has 1 aromatic rings. The number of rotatable bonds is 7. The number of ether oxygens (including phenoxy) is 1. The highest BCUT2D eigenvalue weighted by Crippen LogP contribution is 2.08. The molecule has 6 nitrogen and oxygen atoms in total. The van der Waals surface area contributed by atoms with Gasteiger partial charge in [0.25, 0.3) is 0 Å². The van der Waals surface area contributed by atoms with Crippen molar-refractivity contribution in [3.05, 3.63) is 35.9 Å². The standard InChI is InChI=1S/C12H15NO5/c13-9(11(14)15)6-10(12(16)17)18-7-8-4-2-1-3-5-8/h1-5,9-10H,6-7,13H2,(H,14,15)(H,16,17)/t9-,10?/m0/s1. The molecule has 0 aliphatic heterocycles. The SMILES string of the molecule is N[C@@H](CC(OCc1ccccc1)C(=O)O)C(=O)O. The Hall–Kier alpha value is -1.92. The first-order valence-corrected chi connectivity index (χ1v) is 5.37. The Kier molecular flexibility index (Phi) is 5.29. The maximum absolute atomic E-state index is 10.9. The smallest absolute Gasteiger partial charge is 0.332 e. The number of aliphatic carboxylic acids is 2. The highest BCUT2D eigenvalue weighted by Gasteiger charge is 2.24. The van der Waals surface area contributed by atoms with Crippen molar-refractivity contribution in [2.75, 3.05) is 0 Å². The van der Waals surface area contributed by atoms with Gasteiger partial charge in [-0.3, -0.25) is 4.79 Å². The Balaban J connectivity index is 2.53. The third-order valence-electron chi connectivity index (χ3n) is 2.35. The van der Waals surface area contributed by atoms with Crippen LogP contribution in [0.5, 0.6) is 0 Å². The third kappa shape index (κ3) is 4.52. The lowest BCUT2D eigenvalue weighted by Crippen LogP contribution is -2.38. The van der Waals surface area contributed by atoms with Gasteiger partial charge in [-0.05, 0) is 5.56 Å². The van der Waals surface area contributed by atoms with Crippen molar-refractivity contribution in [1.82, 2.24) is 0 Å². The van der Waals surface area contributed by atoms with Crippen LogP contribution in [0.4, 0.5) is 0 Å². The van der Waals surface area contributed by atoms with Gasteiger partial charge in [0, 0.05) is 6.42 Å². The third-order valence-corrected chi connectivity index (χ3v) is 2.35. The van der Waals surface area contributed by atoms with Crippen LogP contribution in [0.2, 0.25) is 0 Å². The Morgan fingerprint density at radius 3 is 2.28 bits per heavy atom. The molecular weight excluding hydrogens is 238 g/mol. The van der Waals surface area contributed by atoms with E-state index in [0.29, 0.717) is 0 Å². The van der Waals surface area contributed by atoms with E-state index in [2.05, 4.69) is 0 Å². The highest BCUT2D eigenvalue weighted by molar-refractivity contribution is 5.76. The van der Waals surface area contributed by atoms with Gasteiger partial charge in [0.15, 0.2) is 6.10 Å². The number of hydrogen-bond donors (Lipinski definition) is 3. The summed E-state index contributed by atoms with van der Waals surface area (Å²) in [5, 5.41) is 17.5. The van der Waals surface area contributed by atoms with Crippen LogP contribution in [0, 0.1) is 0 Å². The van der Waals surface area contributed by atoms with E-state index in [1.54, 1.807) is 24.3 Å². The van der Waals surface area contributed by atoms with Crippen LogP contribution in [-0.2, 0) is 20.9 Å². The quantitative estimate of drug-likeness (QED) is 0.651. The van der Waals surface area contributed by atoms with Gasteiger partial charge in [-0.15, -0.1) is 0 Å². The summed E-state index contributed by atoms with van der Waals surface area (Å²) in [6.07, 6.45) is -1.49. The van der Waals surface area contributed by atoms with E-state index in [1.165, 1.54) is 0 Å². The minimum atomic E-state index is -1.25. The number of nitrogens with two attached hydrogens (primary N) is 1. The minimum Gasteiger partial charge on any atom is -0.480 e. The number of carboxylic acid groups (broad SMARTS) is 2. The highest BCUT2D eigenvalue weighted by atomic mass is 16.5. The van der Waals surface area contributed by atoms with Crippen molar-refractivity contribution in [3.63, 3.8) is 0 Å². The number of benzene rings is 1. The maximum Gasteiger partial charge on any atom is 0.332 e. The van der Waals surface area contributed by atoms with Crippen LogP contribution in [0.25, 0.3) is 0 Å². The molecule has 6 heteroatoms. The molecule has 0 heterocycles. The summed E-state index contributed by atoms with van der Waals surface area (Å²) in [5.41, 5.74) is 6.09. The molecule has 18 heavy (non-hydrogen) atoms. The van der Waals surface area contributed by atoms with Gasteiger partial charge in [0.2, 0.25) is 0 Å². The van der Waals surface area contributed by atoms with Crippen LogP contribution >= 0.6 is 0 Å². The van der Waals surface area contributed by atoms with Crippen LogP contribution in [0.15, 0.2) is 30.3 Å². The van der Waals surface area contributed by atoms with Gasteiger partial charge in [-0.1, -0.05) is 30.3 Å². The summed E-state index contributed by atoms with van der Waals surface area (Å²) in [6, 6.07) is 7.77. The lowest BCUT2D eigenvalue weighted by atomic mass is 10.1. The Bertz CT molecular complexity index is 406. The molecule has 0 saturated heterocycles. The minimum absolute atomic E-state index is 0.101. The number of hydrogen-bond acceptors (Lipinski definition) is 4. The van der Waals surface area contributed by atoms with E-state index in [9.17, 15) is 9.59 Å². The predicted molar refractivity (Wildman–Crippen MR) is 62.9 cm³/mol. The molecule has 98 valence electrons. The van der Waals surface area contributed by atoms with Crippen molar-refractivity contribution < 1.29 is 24.5 Å². The fourth-order valence-corrected chi connectivity index (χ4v) is 1.34. The maximum atomic E-state index is 10.9. The van der Waals surface area contributed by atoms with E-state index in [1.807, 2.05) is 6.07 Å². The second kappa shape index (κ2) is 6.73. The van der Waals surface area contributed by atoms with Gasteiger partial charge in [0.05, 0.1) is 6.61 Å². The van der Waals surface area contributed by atoms with Crippen molar-refractivity contribution in [2.24, 2.45) is 5.73 Å². The largest absolute Gasteiger partial charge is 0.480 e. The van der Waals surface area contributed by atoms with E-state index in [0.717, 1.165) is 5.56 Å². The fourth-order valence-electron chi connectivity index (χ4n) is 1.34. The number of carboxylic acids is 2. The zero-order chi connectivity index (χ0) is 13.5. The summed E-state index contributed by atoms with van der Waals surface area (Å²) in [5.74, 6) is -2.47. The van der Waals surface area contributed by atoms with Crippen LogP contribution in [0.3, 0.4) is 0 Å². The molecule has 0 fully saturated rings. The Morgan fingerprint density at radius 2 is 1.78 bits per heavy atom. The zero-order valence-corrected chi connectivity index (χ0v) is 9.65. The van der Waals surface area contributed by atoms with Crippen LogP contribution in [0.1, 0.15) is 12.0 Å². The molecule has 0 amide bonds. The molecule has 2 atom stereocenters. The first-order chi connectivity index (χ1) is 8.50. The average Bonchev–Trinajstić information content (AvgIpc) is 2.34. The fraction of sp³-hybridized carbons (Fsp3) is 0.333. The summed E-state index contributed by atoms with van der Waals surface area (Å²) < 4.78 is 5.17. The molecule has 0 saturated carbocycles. The van der Waals surface area contributed by atoms with Crippen molar-refractivity contribution >= 4 is 11.9 Å². The van der Waals surface area contributed by atoms with E-state index in [-0.39, 0.29) is 13.0 Å². The van der Waals surface area contributed by atoms with Crippen LogP contribution in [-0.4, -0.2) is 34.3 Å². The van der Waals surface area contributed by atoms with Gasteiger partial charge in [-0.25, -0.2) is 4.79 Å². The molecule has 0 aromatic heterocycles. The summed E-state index contributed by atoms with van der Waals surface area (Å²) in [7, 11) is 0. The average molecular weight is 253 g/mol. The normalized spacial score (nSPS) is 13.8. The topological polar surface area (TPSA) is 110 Å². The Morgan fingerprint density at radius 1 is 1.17 bits per heavy atom. The van der Waals surface area contributed by atoms with E-state index >= 15 is 0 Å². The van der Waals surface area contributed by atoms with Gasteiger partial charge < -0.3 is 20.7 Å². The number of carbonyl (C=O) groups is 2. The van der Waals surface area contributed by atoms with E-state index in [4.69, 9.17) is 20.7 Å². The first-order valence-electron chi connectivity index (χ1n) is 5.37. The van der Waals surface area contributed by atoms with E-state index < -0.39 is 24.1 Å². The van der Waals surface area contributed by atoms with Gasteiger partial charge in [-0.2, -0.15) is 0 Å². The molecule has 0 aliphatic carbocycles. The van der Waals surface area contributed by atoms with Gasteiger partial charge >= 0.3 is 11.9 Å². The van der Waals surface area contributed by atoms with Crippen molar-refractivity contribution in [1.29, 1.82) is 0 Å². The molecule has 0 spiro atoms. The second-order valence-corrected chi connectivity index (χ2v) is 3.80. The summed E-state index contributed by atoms with van der Waals surface area (Å²) >= 11 is 0. The first kappa shape index (κ1) is 14.1. The molecule has 0 aliphatic rings. The summed E-state index contributed by atoms with van der Waals surface area (Å²) in [6.45, 7) is 0.101. The molecule has 4 N–H and O–H groups in total. The molecule has 0 radical (unpaired) electrons.